The molecular formula is C12H7ClF3NS. The molecule has 18 heavy (non-hydrogen) atoms. The fraction of sp³-hybridized carbons (Fsp3) is 0.0833. The van der Waals surface area contributed by atoms with Crippen molar-refractivity contribution >= 4 is 33.8 Å². The van der Waals surface area contributed by atoms with Crippen LogP contribution in [0.25, 0.3) is 0 Å². The Morgan fingerprint density at radius 3 is 2.44 bits per heavy atom. The largest absolute Gasteiger partial charge is 0.418 e. The molecule has 0 aliphatic heterocycles. The van der Waals surface area contributed by atoms with Gasteiger partial charge in [-0.25, -0.2) is 4.99 Å². The lowest BCUT2D eigenvalue weighted by molar-refractivity contribution is -0.137. The summed E-state index contributed by atoms with van der Waals surface area (Å²) in [5, 5.41) is 1.84. The van der Waals surface area contributed by atoms with Crippen molar-refractivity contribution < 1.29 is 13.2 Å². The van der Waals surface area contributed by atoms with Crippen molar-refractivity contribution in [3.63, 3.8) is 0 Å². The number of benzene rings is 1. The molecular weight excluding hydrogens is 283 g/mol. The molecule has 0 unspecified atom stereocenters. The van der Waals surface area contributed by atoms with Crippen molar-refractivity contribution in [3.05, 3.63) is 52.2 Å². The van der Waals surface area contributed by atoms with Gasteiger partial charge >= 0.3 is 6.18 Å². The summed E-state index contributed by atoms with van der Waals surface area (Å²) >= 11 is 7.22. The molecule has 0 amide bonds. The van der Waals surface area contributed by atoms with Gasteiger partial charge in [-0.05, 0) is 23.6 Å². The smallest absolute Gasteiger partial charge is 0.235 e. The highest BCUT2D eigenvalue weighted by Gasteiger charge is 2.33. The molecule has 0 bridgehead atoms. The summed E-state index contributed by atoms with van der Waals surface area (Å²) in [6.45, 7) is 0. The Kier molecular flexibility index (Phi) is 3.73. The summed E-state index contributed by atoms with van der Waals surface area (Å²) in [4.78, 5) is 4.47. The first-order valence-electron chi connectivity index (χ1n) is 4.93. The molecule has 94 valence electrons. The Labute approximate surface area is 111 Å². The van der Waals surface area contributed by atoms with Crippen molar-refractivity contribution in [2.75, 3.05) is 0 Å². The number of para-hydroxylation sites is 1. The van der Waals surface area contributed by atoms with Crippen molar-refractivity contribution in [2.24, 2.45) is 4.99 Å². The van der Waals surface area contributed by atoms with Gasteiger partial charge in [-0.3, -0.25) is 0 Å². The van der Waals surface area contributed by atoms with Crippen LogP contribution in [-0.2, 0) is 6.18 Å². The van der Waals surface area contributed by atoms with E-state index in [1.165, 1.54) is 29.5 Å². The van der Waals surface area contributed by atoms with E-state index >= 15 is 0 Å². The molecule has 0 saturated heterocycles. The lowest BCUT2D eigenvalue weighted by Crippen LogP contribution is -2.05. The zero-order valence-electron chi connectivity index (χ0n) is 8.91. The van der Waals surface area contributed by atoms with Gasteiger partial charge in [0.1, 0.15) is 5.17 Å². The Hall–Kier alpha value is -1.33. The average Bonchev–Trinajstić information content (AvgIpc) is 2.81. The summed E-state index contributed by atoms with van der Waals surface area (Å²) in [7, 11) is 0. The highest BCUT2D eigenvalue weighted by molar-refractivity contribution is 7.14. The van der Waals surface area contributed by atoms with Gasteiger partial charge in [0.15, 0.2) is 0 Å². The van der Waals surface area contributed by atoms with Gasteiger partial charge in [0.2, 0.25) is 0 Å². The second-order valence-corrected chi connectivity index (χ2v) is 4.70. The normalized spacial score (nSPS) is 12.8. The second-order valence-electron chi connectivity index (χ2n) is 3.39. The second kappa shape index (κ2) is 5.12. The maximum atomic E-state index is 12.7. The molecule has 1 nitrogen and oxygen atoms in total. The third kappa shape index (κ3) is 2.91. The standard InChI is InChI=1S/C12H7ClF3NS/c13-11(10-6-3-7-18-10)17-9-5-2-1-4-8(9)12(14,15)16/h1-7H. The maximum Gasteiger partial charge on any atom is 0.418 e. The number of hydrogen-bond donors (Lipinski definition) is 0. The molecule has 0 radical (unpaired) electrons. The maximum absolute atomic E-state index is 12.7. The van der Waals surface area contributed by atoms with Crippen LogP contribution in [0.4, 0.5) is 18.9 Å². The first kappa shape index (κ1) is 13.1. The third-order valence-electron chi connectivity index (χ3n) is 2.15. The van der Waals surface area contributed by atoms with Gasteiger partial charge < -0.3 is 0 Å². The topological polar surface area (TPSA) is 12.4 Å². The number of halogens is 4. The lowest BCUT2D eigenvalue weighted by Gasteiger charge is -2.09. The third-order valence-corrected chi connectivity index (χ3v) is 3.43. The van der Waals surface area contributed by atoms with Crippen LogP contribution >= 0.6 is 22.9 Å². The van der Waals surface area contributed by atoms with Gasteiger partial charge in [0.25, 0.3) is 0 Å². The molecule has 0 atom stereocenters. The highest BCUT2D eigenvalue weighted by atomic mass is 35.5. The summed E-state index contributed by atoms with van der Waals surface area (Å²) in [5.74, 6) is 0. The Balaban J connectivity index is 2.44. The van der Waals surface area contributed by atoms with Crippen molar-refractivity contribution in [1.82, 2.24) is 0 Å². The van der Waals surface area contributed by atoms with Crippen LogP contribution in [0.2, 0.25) is 0 Å². The Morgan fingerprint density at radius 1 is 1.11 bits per heavy atom. The lowest BCUT2D eigenvalue weighted by atomic mass is 10.2. The van der Waals surface area contributed by atoms with Crippen molar-refractivity contribution in [1.29, 1.82) is 0 Å². The molecule has 1 aromatic heterocycles. The predicted molar refractivity (Wildman–Crippen MR) is 67.8 cm³/mol. The molecule has 1 heterocycles. The number of rotatable bonds is 2. The number of aliphatic imine (C=N–C) groups is 1. The van der Waals surface area contributed by atoms with E-state index in [2.05, 4.69) is 4.99 Å². The zero-order valence-corrected chi connectivity index (χ0v) is 10.5. The molecule has 0 N–H and O–H groups in total. The molecule has 6 heteroatoms. The van der Waals surface area contributed by atoms with E-state index in [0.29, 0.717) is 4.88 Å². The molecule has 0 aliphatic carbocycles. The van der Waals surface area contributed by atoms with Crippen LogP contribution in [0.15, 0.2) is 46.8 Å². The van der Waals surface area contributed by atoms with Gasteiger partial charge in [-0.15, -0.1) is 11.3 Å². The summed E-state index contributed by atoms with van der Waals surface area (Å²) < 4.78 is 38.2. The van der Waals surface area contributed by atoms with Crippen LogP contribution in [-0.4, -0.2) is 5.17 Å². The molecule has 1 aromatic carbocycles. The van der Waals surface area contributed by atoms with Gasteiger partial charge in [0, 0.05) is 0 Å². The molecule has 0 aliphatic rings. The summed E-state index contributed by atoms with van der Waals surface area (Å²) in [6.07, 6.45) is -4.44. The van der Waals surface area contributed by atoms with Gasteiger partial charge in [-0.1, -0.05) is 29.8 Å². The number of hydrogen-bond acceptors (Lipinski definition) is 2. The van der Waals surface area contributed by atoms with Crippen LogP contribution in [0.3, 0.4) is 0 Å². The van der Waals surface area contributed by atoms with Crippen LogP contribution < -0.4 is 0 Å². The number of nitrogens with zero attached hydrogens (tertiary/aromatic N) is 1. The van der Waals surface area contributed by atoms with E-state index in [1.807, 2.05) is 0 Å². The fourth-order valence-corrected chi connectivity index (χ4v) is 2.26. The highest BCUT2D eigenvalue weighted by Crippen LogP contribution is 2.36. The SMILES string of the molecule is FC(F)(F)c1ccccc1N=C(Cl)c1cccs1. The first-order chi connectivity index (χ1) is 8.48. The zero-order chi connectivity index (χ0) is 13.2. The minimum atomic E-state index is -4.44. The number of alkyl halides is 3. The van der Waals surface area contributed by atoms with Crippen molar-refractivity contribution in [3.8, 4) is 0 Å². The minimum Gasteiger partial charge on any atom is -0.235 e. The molecule has 2 aromatic rings. The first-order valence-corrected chi connectivity index (χ1v) is 6.18. The molecule has 0 saturated carbocycles. The van der Waals surface area contributed by atoms with E-state index < -0.39 is 11.7 Å². The van der Waals surface area contributed by atoms with E-state index in [9.17, 15) is 13.2 Å². The van der Waals surface area contributed by atoms with Crippen molar-refractivity contribution in [2.45, 2.75) is 6.18 Å². The van der Waals surface area contributed by atoms with Gasteiger partial charge in [-0.2, -0.15) is 13.2 Å². The molecule has 0 fully saturated rings. The minimum absolute atomic E-state index is 0.0571. The van der Waals surface area contributed by atoms with E-state index in [1.54, 1.807) is 17.5 Å². The molecule has 0 spiro atoms. The summed E-state index contributed by atoms with van der Waals surface area (Å²) in [6, 6.07) is 8.55. The van der Waals surface area contributed by atoms with Gasteiger partial charge in [0.05, 0.1) is 16.1 Å². The Bertz CT molecular complexity index is 561. The molecule has 2 rings (SSSR count). The fourth-order valence-electron chi connectivity index (χ4n) is 1.37. The predicted octanol–water partition coefficient (Wildman–Crippen LogP) is 5.08. The van der Waals surface area contributed by atoms with Crippen LogP contribution in [0.1, 0.15) is 10.4 Å². The van der Waals surface area contributed by atoms with Crippen LogP contribution in [0.5, 0.6) is 0 Å². The van der Waals surface area contributed by atoms with E-state index in [-0.39, 0.29) is 10.9 Å². The Morgan fingerprint density at radius 2 is 1.83 bits per heavy atom. The quantitative estimate of drug-likeness (QED) is 0.683. The summed E-state index contributed by atoms with van der Waals surface area (Å²) in [5.41, 5.74) is -0.969. The van der Waals surface area contributed by atoms with Crippen LogP contribution in [0, 0.1) is 0 Å². The monoisotopic (exact) mass is 289 g/mol. The number of thiophene rings is 1. The van der Waals surface area contributed by atoms with E-state index in [4.69, 9.17) is 11.6 Å². The van der Waals surface area contributed by atoms with E-state index in [0.717, 1.165) is 6.07 Å². The average molecular weight is 290 g/mol.